The van der Waals surface area contributed by atoms with Gasteiger partial charge in [0, 0.05) is 0 Å². The molecule has 0 radical (unpaired) electrons. The molecule has 0 amide bonds. The molecular formula is C22H50I2MgV. The smallest absolute Gasteiger partial charge is 2.00 e. The first-order valence-electron chi connectivity index (χ1n) is 11.0. The molecule has 0 saturated heterocycles. The van der Waals surface area contributed by atoms with Crippen molar-refractivity contribution < 1.29 is 12.3 Å². The fourth-order valence-corrected chi connectivity index (χ4v) is 3.48. The maximum atomic E-state index is 2.37. The summed E-state index contributed by atoms with van der Waals surface area (Å²) in [6, 6.07) is 0. The van der Waals surface area contributed by atoms with Crippen molar-refractivity contribution >= 4 is 63.0 Å². The van der Waals surface area contributed by atoms with Crippen molar-refractivity contribution in [2.45, 2.75) is 131 Å². The van der Waals surface area contributed by atoms with Crippen LogP contribution < -0.4 is 0 Å². The molecule has 0 N–H and O–H groups in total. The fourth-order valence-electron chi connectivity index (χ4n) is 3.48. The zero-order valence-electron chi connectivity index (χ0n) is 21.0. The minimum atomic E-state index is 0. The second kappa shape index (κ2) is 35.3. The van der Waals surface area contributed by atoms with E-state index in [1.54, 1.807) is 0 Å². The van der Waals surface area contributed by atoms with Gasteiger partial charge in [0.1, 0.15) is 0 Å². The Balaban J connectivity index is -0.0000000691. The molecule has 159 valence electrons. The van der Waals surface area contributed by atoms with Gasteiger partial charge < -0.3 is 2.85 Å². The predicted octanol–water partition coefficient (Wildman–Crippen LogP) is 10.4. The van der Waals surface area contributed by atoms with E-state index in [1.807, 2.05) is 0 Å². The molecule has 4 heteroatoms. The van der Waals surface area contributed by atoms with Crippen molar-refractivity contribution in [2.24, 2.45) is 11.8 Å². The first-order valence-corrected chi connectivity index (χ1v) is 20.0. The van der Waals surface area contributed by atoms with Crippen LogP contribution in [0.5, 0.6) is 0 Å². The van der Waals surface area contributed by atoms with Crippen molar-refractivity contribution in [1.82, 2.24) is 0 Å². The van der Waals surface area contributed by atoms with Crippen LogP contribution in [-0.4, -0.2) is 23.1 Å². The zero-order chi connectivity index (χ0) is 19.8. The summed E-state index contributed by atoms with van der Waals surface area (Å²) in [4.78, 5) is 0. The predicted molar refractivity (Wildman–Crippen MR) is 142 cm³/mol. The van der Waals surface area contributed by atoms with Gasteiger partial charge in [-0.15, -0.1) is 0 Å². The van der Waals surface area contributed by atoms with Gasteiger partial charge in [0.05, 0.1) is 0 Å². The SMILES string of the molecule is CCCCC(CCC)CCC.CCCCC(CCC)CCC.[H-].[H-].[I][V][I].[Mg+2]. The maximum Gasteiger partial charge on any atom is 2.00 e. The molecule has 0 rings (SSSR count). The molecule has 0 unspecified atom stereocenters. The van der Waals surface area contributed by atoms with Crippen LogP contribution in [0.3, 0.4) is 0 Å². The van der Waals surface area contributed by atoms with Gasteiger partial charge in [-0.2, -0.15) is 0 Å². The first-order chi connectivity index (χ1) is 12.1. The van der Waals surface area contributed by atoms with E-state index < -0.39 is 0 Å². The summed E-state index contributed by atoms with van der Waals surface area (Å²) in [5.74, 6) is 2.06. The van der Waals surface area contributed by atoms with Gasteiger partial charge in [0.2, 0.25) is 0 Å². The molecular weight excluding hydrogens is 593 g/mol. The molecule has 0 aromatic heterocycles. The molecule has 0 aromatic rings. The topological polar surface area (TPSA) is 0 Å². The number of hydrogen-bond acceptors (Lipinski definition) is 0. The van der Waals surface area contributed by atoms with Crippen molar-refractivity contribution in [3.8, 4) is 0 Å². The Morgan fingerprint density at radius 1 is 0.538 bits per heavy atom. The molecule has 0 bridgehead atoms. The Labute approximate surface area is 216 Å². The van der Waals surface area contributed by atoms with Crippen LogP contribution in [-0.2, 0) is 9.47 Å². The van der Waals surface area contributed by atoms with Crippen LogP contribution in [0.2, 0.25) is 0 Å². The van der Waals surface area contributed by atoms with Crippen molar-refractivity contribution in [3.05, 3.63) is 0 Å². The Morgan fingerprint density at radius 3 is 0.923 bits per heavy atom. The monoisotopic (exact) mass is 643 g/mol. The summed E-state index contributed by atoms with van der Waals surface area (Å²) >= 11 is 4.74. The van der Waals surface area contributed by atoms with E-state index in [0.717, 1.165) is 11.8 Å². The molecule has 0 saturated carbocycles. The Hall–Kier alpha value is 2.81. The molecule has 0 aliphatic carbocycles. The van der Waals surface area contributed by atoms with Crippen LogP contribution in [0.15, 0.2) is 0 Å². The third kappa shape index (κ3) is 34.3. The maximum absolute atomic E-state index is 2.37. The zero-order valence-corrected chi connectivity index (χ0v) is 26.1. The molecule has 0 atom stereocenters. The summed E-state index contributed by atoms with van der Waals surface area (Å²) in [5.41, 5.74) is 0. The Bertz CT molecular complexity index is 185. The summed E-state index contributed by atoms with van der Waals surface area (Å²) in [6.07, 6.45) is 19.8. The second-order valence-electron chi connectivity index (χ2n) is 7.24. The van der Waals surface area contributed by atoms with E-state index in [9.17, 15) is 0 Å². The molecule has 0 heterocycles. The molecule has 0 fully saturated rings. The minimum Gasteiger partial charge on any atom is 2.00 e. The normalized spacial score (nSPS) is 9.77. The van der Waals surface area contributed by atoms with E-state index in [1.165, 1.54) is 89.9 Å². The largest absolute Gasteiger partial charge is 2.00 e. The summed E-state index contributed by atoms with van der Waals surface area (Å²) < 4.78 is 0. The van der Waals surface area contributed by atoms with Gasteiger partial charge >= 0.3 is 72.5 Å². The van der Waals surface area contributed by atoms with E-state index in [-0.39, 0.29) is 25.9 Å². The number of hydrogen-bond donors (Lipinski definition) is 0. The van der Waals surface area contributed by atoms with E-state index in [2.05, 4.69) is 81.5 Å². The molecule has 0 aliphatic rings. The second-order valence-corrected chi connectivity index (χ2v) is 19.0. The van der Waals surface area contributed by atoms with Gasteiger partial charge in [-0.05, 0) is 11.8 Å². The average Bonchev–Trinajstić information content (AvgIpc) is 2.60. The van der Waals surface area contributed by atoms with Gasteiger partial charge in [0.25, 0.3) is 0 Å². The van der Waals surface area contributed by atoms with Crippen molar-refractivity contribution in [1.29, 1.82) is 0 Å². The summed E-state index contributed by atoms with van der Waals surface area (Å²) in [5, 5.41) is 0. The van der Waals surface area contributed by atoms with Crippen LogP contribution in [0.25, 0.3) is 0 Å². The molecule has 26 heavy (non-hydrogen) atoms. The van der Waals surface area contributed by atoms with Crippen LogP contribution in [0.1, 0.15) is 134 Å². The Kier molecular flexibility index (Phi) is 49.1. The van der Waals surface area contributed by atoms with Crippen molar-refractivity contribution in [3.63, 3.8) is 0 Å². The third-order valence-corrected chi connectivity index (χ3v) is 4.72. The van der Waals surface area contributed by atoms with Gasteiger partial charge in [-0.1, -0.05) is 131 Å². The summed E-state index contributed by atoms with van der Waals surface area (Å²) in [6.45, 7) is 13.8. The molecule has 0 spiro atoms. The van der Waals surface area contributed by atoms with Gasteiger partial charge in [-0.25, -0.2) is 0 Å². The Morgan fingerprint density at radius 2 is 0.769 bits per heavy atom. The van der Waals surface area contributed by atoms with E-state index in [0.29, 0.717) is 9.47 Å². The van der Waals surface area contributed by atoms with Crippen molar-refractivity contribution in [2.75, 3.05) is 0 Å². The quantitative estimate of drug-likeness (QED) is 0.131. The van der Waals surface area contributed by atoms with E-state index in [4.69, 9.17) is 0 Å². The number of rotatable bonds is 14. The van der Waals surface area contributed by atoms with E-state index >= 15 is 0 Å². The fraction of sp³-hybridized carbons (Fsp3) is 1.00. The average molecular weight is 644 g/mol. The molecule has 0 aliphatic heterocycles. The molecule has 0 aromatic carbocycles. The summed E-state index contributed by atoms with van der Waals surface area (Å²) in [7, 11) is 0.628. The van der Waals surface area contributed by atoms with Crippen LogP contribution in [0, 0.1) is 11.8 Å². The van der Waals surface area contributed by atoms with Gasteiger partial charge in [-0.3, -0.25) is 0 Å². The number of halogens is 2. The third-order valence-electron chi connectivity index (χ3n) is 4.72. The molecule has 0 nitrogen and oxygen atoms in total. The van der Waals surface area contributed by atoms with Gasteiger partial charge in [0.15, 0.2) is 0 Å². The standard InChI is InChI=1S/2C11H24.2HI.Mg.V.2H/c2*1-4-7-10-11(8-5-2)9-6-3;;;;;;/h2*11H,4-10H2,1-3H3;2*1H;;;;/q;;;;2*+2;2*-1/p-2. The van der Waals surface area contributed by atoms with Crippen LogP contribution >= 0.6 is 40.0 Å². The number of unbranched alkanes of at least 4 members (excludes halogenated alkanes) is 2. The van der Waals surface area contributed by atoms with Crippen LogP contribution in [0.4, 0.5) is 0 Å². The minimum absolute atomic E-state index is 0. The first kappa shape index (κ1) is 36.2.